The lowest BCUT2D eigenvalue weighted by Crippen LogP contribution is -2.48. The van der Waals surface area contributed by atoms with Gasteiger partial charge in [-0.15, -0.1) is 0 Å². The second-order valence-corrected chi connectivity index (χ2v) is 4.92. The highest BCUT2D eigenvalue weighted by molar-refractivity contribution is 5.71. The Morgan fingerprint density at radius 3 is 3.11 bits per heavy atom. The summed E-state index contributed by atoms with van der Waals surface area (Å²) in [5.74, 6) is -0.279. The van der Waals surface area contributed by atoms with Gasteiger partial charge in [-0.2, -0.15) is 0 Å². The molecule has 1 spiro atoms. The standard InChI is InChI=1S/C13H15FN2O2/c14-11-3-1-2-10(6-11)7-16-12(17)18-9-13(16)4-5-15-8-13/h1-3,6,15H,4-5,7-9H2. The summed E-state index contributed by atoms with van der Waals surface area (Å²) < 4.78 is 18.3. The summed E-state index contributed by atoms with van der Waals surface area (Å²) in [6.07, 6.45) is 0.580. The van der Waals surface area contributed by atoms with Crippen molar-refractivity contribution < 1.29 is 13.9 Å². The number of amides is 1. The highest BCUT2D eigenvalue weighted by Crippen LogP contribution is 2.31. The quantitative estimate of drug-likeness (QED) is 0.865. The fourth-order valence-electron chi connectivity index (χ4n) is 2.68. The van der Waals surface area contributed by atoms with Gasteiger partial charge >= 0.3 is 6.09 Å². The maximum absolute atomic E-state index is 13.2. The van der Waals surface area contributed by atoms with E-state index in [1.165, 1.54) is 12.1 Å². The van der Waals surface area contributed by atoms with Gasteiger partial charge in [-0.25, -0.2) is 9.18 Å². The van der Waals surface area contributed by atoms with Gasteiger partial charge in [0.25, 0.3) is 0 Å². The van der Waals surface area contributed by atoms with Crippen LogP contribution in [0.1, 0.15) is 12.0 Å². The first-order valence-corrected chi connectivity index (χ1v) is 6.09. The van der Waals surface area contributed by atoms with Crippen LogP contribution in [0, 0.1) is 5.82 Å². The number of cyclic esters (lactones) is 1. The molecule has 1 aromatic carbocycles. The van der Waals surface area contributed by atoms with Crippen LogP contribution in [0.3, 0.4) is 0 Å². The fraction of sp³-hybridized carbons (Fsp3) is 0.462. The SMILES string of the molecule is O=C1OCC2(CCNC2)N1Cc1cccc(F)c1. The highest BCUT2D eigenvalue weighted by atomic mass is 19.1. The van der Waals surface area contributed by atoms with Crippen molar-refractivity contribution >= 4 is 6.09 Å². The van der Waals surface area contributed by atoms with Crippen LogP contribution >= 0.6 is 0 Å². The Labute approximate surface area is 105 Å². The molecule has 1 amide bonds. The van der Waals surface area contributed by atoms with E-state index < -0.39 is 0 Å². The Bertz CT molecular complexity index is 472. The largest absolute Gasteiger partial charge is 0.447 e. The number of carbonyl (C=O) groups excluding carboxylic acids is 1. The molecule has 1 aromatic rings. The van der Waals surface area contributed by atoms with Crippen LogP contribution in [0.5, 0.6) is 0 Å². The van der Waals surface area contributed by atoms with E-state index in [0.717, 1.165) is 25.1 Å². The van der Waals surface area contributed by atoms with E-state index in [1.807, 2.05) is 6.07 Å². The summed E-state index contributed by atoms with van der Waals surface area (Å²) >= 11 is 0. The Hall–Kier alpha value is -1.62. The molecular formula is C13H15FN2O2. The zero-order valence-corrected chi connectivity index (χ0v) is 9.99. The Morgan fingerprint density at radius 2 is 2.39 bits per heavy atom. The summed E-state index contributed by atoms with van der Waals surface area (Å²) in [6, 6.07) is 6.34. The molecule has 2 aliphatic rings. The first-order valence-electron chi connectivity index (χ1n) is 6.09. The molecule has 2 aliphatic heterocycles. The van der Waals surface area contributed by atoms with Crippen molar-refractivity contribution in [3.63, 3.8) is 0 Å². The minimum atomic E-state index is -0.303. The van der Waals surface area contributed by atoms with Crippen LogP contribution in [-0.2, 0) is 11.3 Å². The number of benzene rings is 1. The van der Waals surface area contributed by atoms with Gasteiger partial charge in [0.2, 0.25) is 0 Å². The molecule has 18 heavy (non-hydrogen) atoms. The lowest BCUT2D eigenvalue weighted by atomic mass is 9.98. The number of nitrogens with one attached hydrogen (secondary N) is 1. The van der Waals surface area contributed by atoms with Gasteiger partial charge in [-0.3, -0.25) is 4.90 Å². The number of halogens is 1. The zero-order chi connectivity index (χ0) is 12.6. The topological polar surface area (TPSA) is 41.6 Å². The summed E-state index contributed by atoms with van der Waals surface area (Å²) in [6.45, 7) is 2.46. The Kier molecular flexibility index (Phi) is 2.70. The number of ether oxygens (including phenoxy) is 1. The highest BCUT2D eigenvalue weighted by Gasteiger charge is 2.48. The average molecular weight is 250 g/mol. The van der Waals surface area contributed by atoms with Gasteiger partial charge in [0.1, 0.15) is 12.4 Å². The van der Waals surface area contributed by atoms with E-state index in [1.54, 1.807) is 11.0 Å². The summed E-state index contributed by atoms with van der Waals surface area (Å²) in [5.41, 5.74) is 0.545. The van der Waals surface area contributed by atoms with E-state index >= 15 is 0 Å². The molecule has 4 nitrogen and oxygen atoms in total. The van der Waals surface area contributed by atoms with Crippen LogP contribution in [0.4, 0.5) is 9.18 Å². The molecule has 1 unspecified atom stereocenters. The summed E-state index contributed by atoms with van der Waals surface area (Å²) in [7, 11) is 0. The van der Waals surface area contributed by atoms with E-state index in [2.05, 4.69) is 5.32 Å². The third-order valence-corrected chi connectivity index (χ3v) is 3.71. The van der Waals surface area contributed by atoms with Crippen molar-refractivity contribution in [2.45, 2.75) is 18.5 Å². The normalized spacial score (nSPS) is 26.9. The molecule has 2 heterocycles. The lowest BCUT2D eigenvalue weighted by molar-refractivity contribution is 0.150. The molecule has 1 N–H and O–H groups in total. The molecule has 3 rings (SSSR count). The van der Waals surface area contributed by atoms with Crippen molar-refractivity contribution in [3.05, 3.63) is 35.6 Å². The molecule has 96 valence electrons. The molecule has 5 heteroatoms. The second-order valence-electron chi connectivity index (χ2n) is 4.92. The third-order valence-electron chi connectivity index (χ3n) is 3.71. The molecule has 0 aliphatic carbocycles. The number of hydrogen-bond donors (Lipinski definition) is 1. The number of hydrogen-bond acceptors (Lipinski definition) is 3. The van der Waals surface area contributed by atoms with Crippen LogP contribution < -0.4 is 5.32 Å². The smallest absolute Gasteiger partial charge is 0.410 e. The van der Waals surface area contributed by atoms with Crippen molar-refractivity contribution in [2.24, 2.45) is 0 Å². The monoisotopic (exact) mass is 250 g/mol. The van der Waals surface area contributed by atoms with Crippen molar-refractivity contribution in [1.29, 1.82) is 0 Å². The maximum atomic E-state index is 13.2. The van der Waals surface area contributed by atoms with Crippen LogP contribution in [0.25, 0.3) is 0 Å². The zero-order valence-electron chi connectivity index (χ0n) is 9.99. The Balaban J connectivity index is 1.83. The van der Waals surface area contributed by atoms with E-state index in [0.29, 0.717) is 13.2 Å². The second kappa shape index (κ2) is 4.24. The first kappa shape index (κ1) is 11.5. The third kappa shape index (κ3) is 1.84. The van der Waals surface area contributed by atoms with Crippen molar-refractivity contribution in [2.75, 3.05) is 19.7 Å². The lowest BCUT2D eigenvalue weighted by Gasteiger charge is -2.30. The average Bonchev–Trinajstić information content (AvgIpc) is 2.93. The number of carbonyl (C=O) groups is 1. The molecular weight excluding hydrogens is 235 g/mol. The van der Waals surface area contributed by atoms with Crippen molar-refractivity contribution in [3.8, 4) is 0 Å². The van der Waals surface area contributed by atoms with E-state index in [-0.39, 0.29) is 17.4 Å². The molecule has 0 radical (unpaired) electrons. The molecule has 0 saturated carbocycles. The Morgan fingerprint density at radius 1 is 1.50 bits per heavy atom. The van der Waals surface area contributed by atoms with Gasteiger partial charge in [-0.05, 0) is 30.7 Å². The van der Waals surface area contributed by atoms with Gasteiger partial charge in [0, 0.05) is 13.1 Å². The maximum Gasteiger partial charge on any atom is 0.410 e. The minimum absolute atomic E-state index is 0.247. The van der Waals surface area contributed by atoms with Gasteiger partial charge < -0.3 is 10.1 Å². The predicted octanol–water partition coefficient (Wildman–Crippen LogP) is 1.51. The van der Waals surface area contributed by atoms with E-state index in [4.69, 9.17) is 4.74 Å². The van der Waals surface area contributed by atoms with Gasteiger partial charge in [0.05, 0.1) is 5.54 Å². The summed E-state index contributed by atoms with van der Waals surface area (Å²) in [5, 5.41) is 3.25. The summed E-state index contributed by atoms with van der Waals surface area (Å²) in [4.78, 5) is 13.5. The van der Waals surface area contributed by atoms with Crippen LogP contribution in [0.2, 0.25) is 0 Å². The molecule has 1 atom stereocenters. The molecule has 0 aromatic heterocycles. The number of rotatable bonds is 2. The van der Waals surface area contributed by atoms with E-state index in [9.17, 15) is 9.18 Å². The van der Waals surface area contributed by atoms with Gasteiger partial charge in [0.15, 0.2) is 0 Å². The van der Waals surface area contributed by atoms with Crippen LogP contribution in [-0.4, -0.2) is 36.2 Å². The minimum Gasteiger partial charge on any atom is -0.447 e. The molecule has 2 saturated heterocycles. The van der Waals surface area contributed by atoms with Gasteiger partial charge in [-0.1, -0.05) is 12.1 Å². The van der Waals surface area contributed by atoms with Crippen molar-refractivity contribution in [1.82, 2.24) is 10.2 Å². The first-order chi connectivity index (χ1) is 8.70. The predicted molar refractivity (Wildman–Crippen MR) is 63.5 cm³/mol. The van der Waals surface area contributed by atoms with Crippen LogP contribution in [0.15, 0.2) is 24.3 Å². The molecule has 2 fully saturated rings. The fourth-order valence-corrected chi connectivity index (χ4v) is 2.68. The number of nitrogens with zero attached hydrogens (tertiary/aromatic N) is 1. The molecule has 0 bridgehead atoms.